The van der Waals surface area contributed by atoms with Crippen LogP contribution in [0, 0.1) is 0 Å². The monoisotopic (exact) mass is 443 g/mol. The van der Waals surface area contributed by atoms with Gasteiger partial charge in [0, 0.05) is 36.1 Å². The summed E-state index contributed by atoms with van der Waals surface area (Å²) >= 11 is 0. The smallest absolute Gasteiger partial charge is 0.315 e. The fraction of sp³-hybridized carbons (Fsp3) is 0.222. The molecule has 0 saturated heterocycles. The third-order valence-electron chi connectivity index (χ3n) is 5.65. The number of benzene rings is 3. The van der Waals surface area contributed by atoms with Crippen LogP contribution >= 0.6 is 0 Å². The summed E-state index contributed by atoms with van der Waals surface area (Å²) in [6.07, 6.45) is 2.02. The highest BCUT2D eigenvalue weighted by Gasteiger charge is 2.21. The van der Waals surface area contributed by atoms with Gasteiger partial charge < -0.3 is 25.1 Å². The Bertz CT molecular complexity index is 1200. The maximum Gasteiger partial charge on any atom is 0.315 e. The molecule has 33 heavy (non-hydrogen) atoms. The minimum atomic E-state index is -0.207. The van der Waals surface area contributed by atoms with E-state index in [0.29, 0.717) is 31.2 Å². The number of para-hydroxylation sites is 1. The molecule has 2 amide bonds. The average Bonchev–Trinajstić information content (AvgIpc) is 3.28. The Balaban J connectivity index is 1.58. The van der Waals surface area contributed by atoms with Crippen LogP contribution in [-0.4, -0.2) is 31.3 Å². The van der Waals surface area contributed by atoms with Gasteiger partial charge in [-0.2, -0.15) is 0 Å². The normalized spacial score (nSPS) is 11.7. The van der Waals surface area contributed by atoms with Crippen LogP contribution in [0.4, 0.5) is 4.79 Å². The van der Waals surface area contributed by atoms with Crippen molar-refractivity contribution < 1.29 is 14.3 Å². The summed E-state index contributed by atoms with van der Waals surface area (Å²) in [5, 5.41) is 7.11. The lowest BCUT2D eigenvalue weighted by molar-refractivity contribution is 0.240. The molecule has 1 atom stereocenters. The lowest BCUT2D eigenvalue weighted by Crippen LogP contribution is -2.37. The van der Waals surface area contributed by atoms with Crippen LogP contribution < -0.4 is 20.1 Å². The van der Waals surface area contributed by atoms with Crippen molar-refractivity contribution in [2.24, 2.45) is 0 Å². The van der Waals surface area contributed by atoms with Gasteiger partial charge >= 0.3 is 6.03 Å². The number of hydrogen-bond donors (Lipinski definition) is 3. The van der Waals surface area contributed by atoms with Gasteiger partial charge in [-0.05, 0) is 41.8 Å². The topological polar surface area (TPSA) is 75.4 Å². The van der Waals surface area contributed by atoms with Gasteiger partial charge in [-0.15, -0.1) is 0 Å². The highest BCUT2D eigenvalue weighted by molar-refractivity contribution is 5.84. The van der Waals surface area contributed by atoms with Crippen molar-refractivity contribution in [1.29, 1.82) is 0 Å². The van der Waals surface area contributed by atoms with Crippen molar-refractivity contribution in [2.45, 2.75) is 19.4 Å². The molecule has 0 saturated carbocycles. The van der Waals surface area contributed by atoms with Crippen LogP contribution in [0.15, 0.2) is 79.0 Å². The standard InChI is InChI=1S/C27H29N3O3/c1-3-33-25-14-13-20(15-26(25)32-2)22(23-18-28-24-12-8-7-11-21(23)24)17-30-27(31)29-16-19-9-5-4-6-10-19/h4-15,18,22,28H,3,16-17H2,1-2H3,(H2,29,30,31)/t22-/m0/s1. The van der Waals surface area contributed by atoms with Gasteiger partial charge in [-0.25, -0.2) is 4.79 Å². The van der Waals surface area contributed by atoms with Crippen molar-refractivity contribution in [3.63, 3.8) is 0 Å². The Labute approximate surface area is 193 Å². The summed E-state index contributed by atoms with van der Waals surface area (Å²) in [4.78, 5) is 15.9. The molecule has 0 bridgehead atoms. The number of fused-ring (bicyclic) bond motifs is 1. The molecular formula is C27H29N3O3. The average molecular weight is 444 g/mol. The minimum absolute atomic E-state index is 0.0757. The summed E-state index contributed by atoms with van der Waals surface area (Å²) < 4.78 is 11.3. The van der Waals surface area contributed by atoms with E-state index in [0.717, 1.165) is 27.6 Å². The van der Waals surface area contributed by atoms with Crippen LogP contribution in [-0.2, 0) is 6.54 Å². The molecule has 3 N–H and O–H groups in total. The molecule has 3 aromatic carbocycles. The van der Waals surface area contributed by atoms with E-state index < -0.39 is 0 Å². The molecule has 6 nitrogen and oxygen atoms in total. The molecule has 4 rings (SSSR count). The number of aromatic amines is 1. The molecule has 0 aliphatic heterocycles. The third kappa shape index (κ3) is 5.29. The lowest BCUT2D eigenvalue weighted by atomic mass is 9.90. The Morgan fingerprint density at radius 2 is 1.76 bits per heavy atom. The van der Waals surface area contributed by atoms with E-state index in [-0.39, 0.29) is 11.9 Å². The highest BCUT2D eigenvalue weighted by Crippen LogP contribution is 2.35. The van der Waals surface area contributed by atoms with E-state index in [1.807, 2.05) is 73.8 Å². The molecule has 6 heteroatoms. The number of carbonyl (C=O) groups is 1. The molecule has 0 fully saturated rings. The summed E-state index contributed by atoms with van der Waals surface area (Å²) in [5.74, 6) is 1.30. The zero-order valence-corrected chi connectivity index (χ0v) is 18.9. The van der Waals surface area contributed by atoms with E-state index in [1.54, 1.807) is 7.11 Å². The first-order chi connectivity index (χ1) is 16.2. The minimum Gasteiger partial charge on any atom is -0.493 e. The summed E-state index contributed by atoms with van der Waals surface area (Å²) in [7, 11) is 1.64. The van der Waals surface area contributed by atoms with Crippen molar-refractivity contribution >= 4 is 16.9 Å². The first-order valence-corrected chi connectivity index (χ1v) is 11.1. The van der Waals surface area contributed by atoms with Gasteiger partial charge in [0.05, 0.1) is 13.7 Å². The molecule has 4 aromatic rings. The number of carbonyl (C=O) groups excluding carboxylic acids is 1. The second-order valence-electron chi connectivity index (χ2n) is 7.73. The van der Waals surface area contributed by atoms with Gasteiger partial charge in [0.2, 0.25) is 0 Å². The van der Waals surface area contributed by atoms with Crippen LogP contribution in [0.5, 0.6) is 11.5 Å². The maximum absolute atomic E-state index is 12.6. The van der Waals surface area contributed by atoms with Crippen molar-refractivity contribution in [2.75, 3.05) is 20.3 Å². The van der Waals surface area contributed by atoms with Crippen molar-refractivity contribution in [3.05, 3.63) is 95.7 Å². The molecule has 1 aromatic heterocycles. The van der Waals surface area contributed by atoms with E-state index in [9.17, 15) is 4.79 Å². The number of nitrogens with one attached hydrogen (secondary N) is 3. The zero-order valence-electron chi connectivity index (χ0n) is 18.9. The SMILES string of the molecule is CCOc1ccc([C@H](CNC(=O)NCc2ccccc2)c2c[nH]c3ccccc23)cc1OC. The molecular weight excluding hydrogens is 414 g/mol. The number of amides is 2. The molecule has 0 spiro atoms. The maximum atomic E-state index is 12.6. The number of ether oxygens (including phenoxy) is 2. The van der Waals surface area contributed by atoms with E-state index in [2.05, 4.69) is 27.8 Å². The van der Waals surface area contributed by atoms with Crippen LogP contribution in [0.1, 0.15) is 29.5 Å². The highest BCUT2D eigenvalue weighted by atomic mass is 16.5. The Kier molecular flexibility index (Phi) is 7.15. The molecule has 0 aliphatic rings. The molecule has 170 valence electrons. The quantitative estimate of drug-likeness (QED) is 0.333. The fourth-order valence-corrected chi connectivity index (χ4v) is 4.00. The first-order valence-electron chi connectivity index (χ1n) is 11.1. The predicted octanol–water partition coefficient (Wildman–Crippen LogP) is 5.21. The van der Waals surface area contributed by atoms with Gasteiger partial charge in [-0.3, -0.25) is 0 Å². The molecule has 0 radical (unpaired) electrons. The number of rotatable bonds is 9. The number of urea groups is 1. The number of aromatic nitrogens is 1. The van der Waals surface area contributed by atoms with Gasteiger partial charge in [0.1, 0.15) is 0 Å². The second kappa shape index (κ2) is 10.6. The van der Waals surface area contributed by atoms with Gasteiger partial charge in [0.25, 0.3) is 0 Å². The summed E-state index contributed by atoms with van der Waals surface area (Å²) in [5.41, 5.74) is 4.25. The lowest BCUT2D eigenvalue weighted by Gasteiger charge is -2.20. The zero-order chi connectivity index (χ0) is 23.0. The van der Waals surface area contributed by atoms with Crippen LogP contribution in [0.2, 0.25) is 0 Å². The number of H-pyrrole nitrogens is 1. The van der Waals surface area contributed by atoms with E-state index in [1.165, 1.54) is 0 Å². The molecule has 0 aliphatic carbocycles. The van der Waals surface area contributed by atoms with Gasteiger partial charge in [0.15, 0.2) is 11.5 Å². The third-order valence-corrected chi connectivity index (χ3v) is 5.65. The Morgan fingerprint density at radius 1 is 0.970 bits per heavy atom. The van der Waals surface area contributed by atoms with Crippen molar-refractivity contribution in [1.82, 2.24) is 15.6 Å². The Morgan fingerprint density at radius 3 is 2.55 bits per heavy atom. The second-order valence-corrected chi connectivity index (χ2v) is 7.73. The number of methoxy groups -OCH3 is 1. The van der Waals surface area contributed by atoms with Crippen molar-refractivity contribution in [3.8, 4) is 11.5 Å². The van der Waals surface area contributed by atoms with E-state index >= 15 is 0 Å². The predicted molar refractivity (Wildman–Crippen MR) is 131 cm³/mol. The largest absolute Gasteiger partial charge is 0.493 e. The summed E-state index contributed by atoms with van der Waals surface area (Å²) in [6, 6.07) is 23.8. The summed E-state index contributed by atoms with van der Waals surface area (Å²) in [6.45, 7) is 3.41. The first kappa shape index (κ1) is 22.3. The Hall–Kier alpha value is -3.93. The fourth-order valence-electron chi connectivity index (χ4n) is 4.00. The van der Waals surface area contributed by atoms with E-state index in [4.69, 9.17) is 9.47 Å². The van der Waals surface area contributed by atoms with Crippen LogP contribution in [0.3, 0.4) is 0 Å². The number of hydrogen-bond acceptors (Lipinski definition) is 3. The van der Waals surface area contributed by atoms with Gasteiger partial charge in [-0.1, -0.05) is 54.6 Å². The molecule has 1 heterocycles. The molecule has 0 unspecified atom stereocenters. The van der Waals surface area contributed by atoms with Crippen LogP contribution in [0.25, 0.3) is 10.9 Å².